The average Bonchev–Trinajstić information content (AvgIpc) is 3.56. The molecule has 0 spiro atoms. The first-order valence-electron chi connectivity index (χ1n) is 10.0. The first-order valence-corrected chi connectivity index (χ1v) is 10.0. The van der Waals surface area contributed by atoms with E-state index in [9.17, 15) is 0 Å². The van der Waals surface area contributed by atoms with Crippen LogP contribution in [0.1, 0.15) is 24.8 Å². The van der Waals surface area contributed by atoms with Crippen LogP contribution in [-0.4, -0.2) is 47.0 Å². The lowest BCUT2D eigenvalue weighted by Gasteiger charge is -2.19. The molecule has 0 heterocycles. The number of anilines is 1. The Morgan fingerprint density at radius 1 is 1.03 bits per heavy atom. The normalized spacial score (nSPS) is 14.4. The van der Waals surface area contributed by atoms with Crippen molar-refractivity contribution >= 4 is 35.6 Å². The van der Waals surface area contributed by atoms with Crippen molar-refractivity contribution in [3.05, 3.63) is 54.1 Å². The molecular weight excluding hydrogens is 493 g/mol. The molecule has 30 heavy (non-hydrogen) atoms. The van der Waals surface area contributed by atoms with Crippen LogP contribution in [0.25, 0.3) is 0 Å². The minimum absolute atomic E-state index is 0. The minimum atomic E-state index is 0. The molecule has 164 valence electrons. The second-order valence-corrected chi connectivity index (χ2v) is 7.28. The predicted molar refractivity (Wildman–Crippen MR) is 133 cm³/mol. The lowest BCUT2D eigenvalue weighted by atomic mass is 9.96. The quantitative estimate of drug-likeness (QED) is 0.208. The van der Waals surface area contributed by atoms with Crippen molar-refractivity contribution in [3.63, 3.8) is 0 Å². The number of rotatable bonds is 10. The molecule has 6 nitrogen and oxygen atoms in total. The number of guanidine groups is 1. The fraction of sp³-hybridized carbons (Fsp3) is 0.435. The summed E-state index contributed by atoms with van der Waals surface area (Å²) in [5, 5.41) is 6.83. The molecule has 0 bridgehead atoms. The van der Waals surface area contributed by atoms with Crippen molar-refractivity contribution in [3.8, 4) is 11.5 Å². The second-order valence-electron chi connectivity index (χ2n) is 7.28. The average molecular weight is 525 g/mol. The number of hydrogen-bond donors (Lipinski definition) is 2. The fourth-order valence-corrected chi connectivity index (χ4v) is 3.29. The molecule has 0 atom stereocenters. The van der Waals surface area contributed by atoms with Crippen LogP contribution < -0.4 is 20.1 Å². The van der Waals surface area contributed by atoms with Crippen molar-refractivity contribution in [1.82, 2.24) is 5.32 Å². The summed E-state index contributed by atoms with van der Waals surface area (Å²) in [6, 6.07) is 16.3. The molecule has 7 heteroatoms. The van der Waals surface area contributed by atoms with Crippen LogP contribution >= 0.6 is 24.0 Å². The molecule has 3 rings (SSSR count). The van der Waals surface area contributed by atoms with Crippen LogP contribution in [0.2, 0.25) is 0 Å². The van der Waals surface area contributed by atoms with Gasteiger partial charge in [-0.2, -0.15) is 0 Å². The van der Waals surface area contributed by atoms with E-state index >= 15 is 0 Å². The Bertz CT molecular complexity index is 808. The predicted octanol–water partition coefficient (Wildman–Crippen LogP) is 4.45. The van der Waals surface area contributed by atoms with E-state index in [0.717, 1.165) is 36.1 Å². The summed E-state index contributed by atoms with van der Waals surface area (Å²) in [6.07, 6.45) is 3.22. The second kappa shape index (κ2) is 12.0. The number of halogens is 1. The number of nitrogens with zero attached hydrogens (tertiary/aromatic N) is 1. The van der Waals surface area contributed by atoms with E-state index in [1.807, 2.05) is 36.4 Å². The lowest BCUT2D eigenvalue weighted by molar-refractivity contribution is 0.172. The molecule has 1 aliphatic rings. The van der Waals surface area contributed by atoms with Gasteiger partial charge in [-0.1, -0.05) is 18.2 Å². The Morgan fingerprint density at radius 3 is 2.43 bits per heavy atom. The SMILES string of the molecule is CN=C(NCC1(c2ccc(OC)cc2)CC1)Nc1cccc(OCCCOC)c1.I. The first kappa shape index (κ1) is 24.3. The molecule has 0 unspecified atom stereocenters. The van der Waals surface area contributed by atoms with Gasteiger partial charge in [-0.15, -0.1) is 24.0 Å². The largest absolute Gasteiger partial charge is 0.497 e. The highest BCUT2D eigenvalue weighted by atomic mass is 127. The van der Waals surface area contributed by atoms with Crippen molar-refractivity contribution in [2.75, 3.05) is 46.3 Å². The molecule has 0 amide bonds. The van der Waals surface area contributed by atoms with Gasteiger partial charge in [0, 0.05) is 50.9 Å². The molecule has 2 aromatic rings. The number of benzene rings is 2. The molecule has 1 fully saturated rings. The topological polar surface area (TPSA) is 64.1 Å². The van der Waals surface area contributed by atoms with E-state index in [1.54, 1.807) is 21.3 Å². The van der Waals surface area contributed by atoms with E-state index in [1.165, 1.54) is 18.4 Å². The van der Waals surface area contributed by atoms with Gasteiger partial charge in [-0.3, -0.25) is 4.99 Å². The Morgan fingerprint density at radius 2 is 1.80 bits per heavy atom. The summed E-state index contributed by atoms with van der Waals surface area (Å²) in [5.74, 6) is 2.47. The highest BCUT2D eigenvalue weighted by molar-refractivity contribution is 14.0. The van der Waals surface area contributed by atoms with Crippen molar-refractivity contribution in [2.24, 2.45) is 4.99 Å². The van der Waals surface area contributed by atoms with E-state index in [0.29, 0.717) is 13.2 Å². The number of ether oxygens (including phenoxy) is 3. The van der Waals surface area contributed by atoms with E-state index in [2.05, 4.69) is 27.8 Å². The summed E-state index contributed by atoms with van der Waals surface area (Å²) >= 11 is 0. The smallest absolute Gasteiger partial charge is 0.195 e. The Labute approximate surface area is 196 Å². The van der Waals surface area contributed by atoms with Gasteiger partial charge in [-0.05, 0) is 42.7 Å². The third-order valence-corrected chi connectivity index (χ3v) is 5.23. The van der Waals surface area contributed by atoms with Crippen LogP contribution in [0.3, 0.4) is 0 Å². The Kier molecular flexibility index (Phi) is 9.71. The molecule has 1 saturated carbocycles. The maximum atomic E-state index is 5.77. The summed E-state index contributed by atoms with van der Waals surface area (Å²) in [4.78, 5) is 4.37. The van der Waals surface area contributed by atoms with Gasteiger partial charge in [0.1, 0.15) is 11.5 Å². The molecule has 2 N–H and O–H groups in total. The Balaban J connectivity index is 0.00000320. The lowest BCUT2D eigenvalue weighted by Crippen LogP contribution is -2.36. The molecule has 0 saturated heterocycles. The molecule has 1 aliphatic carbocycles. The number of nitrogens with one attached hydrogen (secondary N) is 2. The summed E-state index contributed by atoms with van der Waals surface area (Å²) in [6.45, 7) is 2.17. The zero-order valence-electron chi connectivity index (χ0n) is 17.9. The van der Waals surface area contributed by atoms with Gasteiger partial charge < -0.3 is 24.8 Å². The van der Waals surface area contributed by atoms with E-state index in [4.69, 9.17) is 14.2 Å². The van der Waals surface area contributed by atoms with E-state index in [-0.39, 0.29) is 29.4 Å². The van der Waals surface area contributed by atoms with Crippen LogP contribution in [0, 0.1) is 0 Å². The van der Waals surface area contributed by atoms with Crippen molar-refractivity contribution in [2.45, 2.75) is 24.7 Å². The number of hydrogen-bond acceptors (Lipinski definition) is 4. The maximum Gasteiger partial charge on any atom is 0.195 e. The monoisotopic (exact) mass is 525 g/mol. The van der Waals surface area contributed by atoms with Crippen molar-refractivity contribution in [1.29, 1.82) is 0 Å². The molecule has 2 aromatic carbocycles. The molecule has 0 aromatic heterocycles. The highest BCUT2D eigenvalue weighted by Gasteiger charge is 2.44. The van der Waals surface area contributed by atoms with E-state index < -0.39 is 0 Å². The van der Waals surface area contributed by atoms with Gasteiger partial charge >= 0.3 is 0 Å². The third kappa shape index (κ3) is 6.77. The first-order chi connectivity index (χ1) is 14.2. The standard InChI is InChI=1S/C23H31N3O3.HI/c1-24-22(26-19-6-4-7-21(16-19)29-15-5-14-27-2)25-17-23(12-13-23)18-8-10-20(28-3)11-9-18;/h4,6-11,16H,5,12-15,17H2,1-3H3,(H2,24,25,26);1H. The number of aliphatic imine (C=N–C) groups is 1. The van der Waals surface area contributed by atoms with Gasteiger partial charge in [0.05, 0.1) is 13.7 Å². The highest BCUT2D eigenvalue weighted by Crippen LogP contribution is 2.47. The van der Waals surface area contributed by atoms with Gasteiger partial charge in [-0.25, -0.2) is 0 Å². The van der Waals surface area contributed by atoms with Gasteiger partial charge in [0.25, 0.3) is 0 Å². The third-order valence-electron chi connectivity index (χ3n) is 5.23. The van der Waals surface area contributed by atoms with Gasteiger partial charge in [0.2, 0.25) is 0 Å². The van der Waals surface area contributed by atoms with Gasteiger partial charge in [0.15, 0.2) is 5.96 Å². The summed E-state index contributed by atoms with van der Waals surface area (Å²) < 4.78 is 16.1. The van der Waals surface area contributed by atoms with Crippen LogP contribution in [0.4, 0.5) is 5.69 Å². The van der Waals surface area contributed by atoms with Crippen LogP contribution in [-0.2, 0) is 10.2 Å². The van der Waals surface area contributed by atoms with Crippen LogP contribution in [0.15, 0.2) is 53.5 Å². The molecular formula is C23H32IN3O3. The summed E-state index contributed by atoms with van der Waals surface area (Å²) in [7, 11) is 5.18. The number of methoxy groups -OCH3 is 2. The minimum Gasteiger partial charge on any atom is -0.497 e. The summed E-state index contributed by atoms with van der Waals surface area (Å²) in [5.41, 5.74) is 2.46. The maximum absolute atomic E-state index is 5.77. The Hall–Kier alpha value is -2.00. The molecule has 0 radical (unpaired) electrons. The molecule has 0 aliphatic heterocycles. The van der Waals surface area contributed by atoms with Crippen molar-refractivity contribution < 1.29 is 14.2 Å². The zero-order valence-corrected chi connectivity index (χ0v) is 20.3. The van der Waals surface area contributed by atoms with Crippen LogP contribution in [0.5, 0.6) is 11.5 Å². The zero-order chi connectivity index (χ0) is 20.5. The fourth-order valence-electron chi connectivity index (χ4n) is 3.29.